The minimum absolute atomic E-state index is 0.151. The second-order valence-electron chi connectivity index (χ2n) is 6.32. The number of amides is 1. The van der Waals surface area contributed by atoms with Gasteiger partial charge in [-0.05, 0) is 37.0 Å². The van der Waals surface area contributed by atoms with Crippen LogP contribution >= 0.6 is 11.3 Å². The lowest BCUT2D eigenvalue weighted by molar-refractivity contribution is -0.139. The Bertz CT molecular complexity index is 756. The maximum Gasteiger partial charge on any atom is 0.326 e. The molecule has 7 heteroatoms. The number of nitrogens with one attached hydrogen (secondary N) is 1. The van der Waals surface area contributed by atoms with Crippen molar-refractivity contribution in [1.82, 2.24) is 10.3 Å². The van der Waals surface area contributed by atoms with E-state index in [0.29, 0.717) is 23.4 Å². The van der Waals surface area contributed by atoms with Crippen LogP contribution in [-0.2, 0) is 11.2 Å². The molecule has 1 aromatic carbocycles. The maximum absolute atomic E-state index is 13.0. The summed E-state index contributed by atoms with van der Waals surface area (Å²) in [6.07, 6.45) is 0.856. The number of nitrogens with zero attached hydrogens (tertiary/aromatic N) is 1. The first-order valence-electron chi connectivity index (χ1n) is 8.00. The van der Waals surface area contributed by atoms with Gasteiger partial charge >= 0.3 is 5.97 Å². The van der Waals surface area contributed by atoms with Gasteiger partial charge in [0.15, 0.2) is 0 Å². The number of carbonyl (C=O) groups excluding carboxylic acids is 1. The molecule has 134 valence electrons. The van der Waals surface area contributed by atoms with Gasteiger partial charge in [0, 0.05) is 6.42 Å². The van der Waals surface area contributed by atoms with E-state index in [-0.39, 0.29) is 11.7 Å². The Morgan fingerprint density at radius 3 is 2.48 bits per heavy atom. The highest BCUT2D eigenvalue weighted by Gasteiger charge is 2.24. The van der Waals surface area contributed by atoms with E-state index in [0.717, 1.165) is 10.6 Å². The molecule has 1 aromatic heterocycles. The molecule has 5 nitrogen and oxygen atoms in total. The normalized spacial score (nSPS) is 12.2. The third-order valence-electron chi connectivity index (χ3n) is 3.63. The SMILES string of the molecule is Cc1nc(Cc2ccc(F)cc2)sc1C(=O)NC(CC(C)C)C(=O)O. The lowest BCUT2D eigenvalue weighted by atomic mass is 10.0. The first kappa shape index (κ1) is 19.1. The number of rotatable bonds is 7. The fraction of sp³-hybridized carbons (Fsp3) is 0.389. The molecule has 25 heavy (non-hydrogen) atoms. The highest BCUT2D eigenvalue weighted by Crippen LogP contribution is 2.21. The summed E-state index contributed by atoms with van der Waals surface area (Å²) in [5.74, 6) is -1.62. The first-order valence-corrected chi connectivity index (χ1v) is 8.82. The predicted molar refractivity (Wildman–Crippen MR) is 94.4 cm³/mol. The summed E-state index contributed by atoms with van der Waals surface area (Å²) in [6.45, 7) is 5.53. The minimum atomic E-state index is -1.05. The van der Waals surface area contributed by atoms with E-state index in [4.69, 9.17) is 0 Å². The topological polar surface area (TPSA) is 79.3 Å². The molecule has 2 aromatic rings. The molecule has 0 saturated heterocycles. The van der Waals surface area contributed by atoms with Crippen LogP contribution in [0.3, 0.4) is 0 Å². The molecular formula is C18H21FN2O3S. The van der Waals surface area contributed by atoms with Crippen LogP contribution in [0.5, 0.6) is 0 Å². The van der Waals surface area contributed by atoms with Crippen LogP contribution < -0.4 is 5.32 Å². The number of hydrogen-bond donors (Lipinski definition) is 2. The number of benzene rings is 1. The second kappa shape index (κ2) is 8.20. The zero-order valence-electron chi connectivity index (χ0n) is 14.4. The highest BCUT2D eigenvalue weighted by molar-refractivity contribution is 7.13. The average molecular weight is 364 g/mol. The van der Waals surface area contributed by atoms with Crippen molar-refractivity contribution in [3.8, 4) is 0 Å². The largest absolute Gasteiger partial charge is 0.480 e. The van der Waals surface area contributed by atoms with Crippen molar-refractivity contribution in [2.24, 2.45) is 5.92 Å². The van der Waals surface area contributed by atoms with Crippen LogP contribution in [0.25, 0.3) is 0 Å². The van der Waals surface area contributed by atoms with Gasteiger partial charge in [-0.3, -0.25) is 4.79 Å². The Balaban J connectivity index is 2.11. The fourth-order valence-electron chi connectivity index (χ4n) is 2.43. The third-order valence-corrected chi connectivity index (χ3v) is 4.78. The van der Waals surface area contributed by atoms with E-state index >= 15 is 0 Å². The quantitative estimate of drug-likeness (QED) is 0.789. The summed E-state index contributed by atoms with van der Waals surface area (Å²) in [5.41, 5.74) is 1.46. The number of carbonyl (C=O) groups is 2. The summed E-state index contributed by atoms with van der Waals surface area (Å²) in [6, 6.07) is 5.19. The molecule has 0 radical (unpaired) electrons. The Kier molecular flexibility index (Phi) is 6.25. The van der Waals surface area contributed by atoms with E-state index in [1.54, 1.807) is 19.1 Å². The van der Waals surface area contributed by atoms with Gasteiger partial charge < -0.3 is 10.4 Å². The molecule has 0 aliphatic heterocycles. The third kappa shape index (κ3) is 5.35. The van der Waals surface area contributed by atoms with Crippen molar-refractivity contribution in [1.29, 1.82) is 0 Å². The number of aromatic nitrogens is 1. The van der Waals surface area contributed by atoms with Gasteiger partial charge in [0.25, 0.3) is 5.91 Å². The Hall–Kier alpha value is -2.28. The lowest BCUT2D eigenvalue weighted by Gasteiger charge is -2.15. The summed E-state index contributed by atoms with van der Waals surface area (Å²) >= 11 is 1.23. The summed E-state index contributed by atoms with van der Waals surface area (Å²) in [5, 5.41) is 12.6. The van der Waals surface area contributed by atoms with Crippen LogP contribution in [0.1, 0.15) is 46.2 Å². The zero-order valence-corrected chi connectivity index (χ0v) is 15.2. The summed E-state index contributed by atoms with van der Waals surface area (Å²) < 4.78 is 13.0. The van der Waals surface area contributed by atoms with Crippen molar-refractivity contribution >= 4 is 23.2 Å². The second-order valence-corrected chi connectivity index (χ2v) is 7.40. The number of halogens is 1. The number of carboxylic acid groups (broad SMARTS) is 1. The molecule has 0 saturated carbocycles. The smallest absolute Gasteiger partial charge is 0.326 e. The molecular weight excluding hydrogens is 343 g/mol. The number of aliphatic carboxylic acids is 1. The molecule has 0 fully saturated rings. The minimum Gasteiger partial charge on any atom is -0.480 e. The van der Waals surface area contributed by atoms with Gasteiger partial charge in [-0.1, -0.05) is 26.0 Å². The van der Waals surface area contributed by atoms with E-state index in [1.165, 1.54) is 23.5 Å². The molecule has 0 aliphatic rings. The van der Waals surface area contributed by atoms with Crippen LogP contribution in [0.4, 0.5) is 4.39 Å². The number of hydrogen-bond acceptors (Lipinski definition) is 4. The molecule has 1 atom stereocenters. The first-order chi connectivity index (χ1) is 11.8. The van der Waals surface area contributed by atoms with Crippen LogP contribution in [0.2, 0.25) is 0 Å². The molecule has 2 rings (SSSR count). The van der Waals surface area contributed by atoms with Gasteiger partial charge in [-0.15, -0.1) is 11.3 Å². The van der Waals surface area contributed by atoms with Crippen molar-refractivity contribution in [2.45, 2.75) is 39.7 Å². The number of carboxylic acids is 1. The van der Waals surface area contributed by atoms with E-state index < -0.39 is 17.9 Å². The molecule has 1 amide bonds. The average Bonchev–Trinajstić information content (AvgIpc) is 2.89. The Morgan fingerprint density at radius 1 is 1.28 bits per heavy atom. The molecule has 2 N–H and O–H groups in total. The molecule has 0 bridgehead atoms. The maximum atomic E-state index is 13.0. The zero-order chi connectivity index (χ0) is 18.6. The van der Waals surface area contributed by atoms with Gasteiger partial charge in [-0.2, -0.15) is 0 Å². The number of thiazole rings is 1. The van der Waals surface area contributed by atoms with Crippen molar-refractivity contribution in [3.05, 3.63) is 51.2 Å². The Labute approximate surface area is 149 Å². The monoisotopic (exact) mass is 364 g/mol. The van der Waals surface area contributed by atoms with E-state index in [1.807, 2.05) is 13.8 Å². The highest BCUT2D eigenvalue weighted by atomic mass is 32.1. The van der Waals surface area contributed by atoms with Crippen molar-refractivity contribution < 1.29 is 19.1 Å². The molecule has 0 aliphatic carbocycles. The summed E-state index contributed by atoms with van der Waals surface area (Å²) in [7, 11) is 0. The fourth-order valence-corrected chi connectivity index (χ4v) is 3.43. The summed E-state index contributed by atoms with van der Waals surface area (Å²) in [4.78, 5) is 28.5. The van der Waals surface area contributed by atoms with Crippen LogP contribution in [0.15, 0.2) is 24.3 Å². The van der Waals surface area contributed by atoms with Gasteiger partial charge in [-0.25, -0.2) is 14.2 Å². The van der Waals surface area contributed by atoms with Crippen LogP contribution in [0, 0.1) is 18.7 Å². The number of aryl methyl sites for hydroxylation is 1. The van der Waals surface area contributed by atoms with E-state index in [2.05, 4.69) is 10.3 Å². The lowest BCUT2D eigenvalue weighted by Crippen LogP contribution is -2.41. The van der Waals surface area contributed by atoms with Crippen LogP contribution in [-0.4, -0.2) is 28.0 Å². The van der Waals surface area contributed by atoms with Gasteiger partial charge in [0.1, 0.15) is 16.7 Å². The molecule has 1 unspecified atom stereocenters. The van der Waals surface area contributed by atoms with Crippen molar-refractivity contribution in [3.63, 3.8) is 0 Å². The van der Waals surface area contributed by atoms with Gasteiger partial charge in [0.2, 0.25) is 0 Å². The van der Waals surface area contributed by atoms with Gasteiger partial charge in [0.05, 0.1) is 10.7 Å². The molecule has 1 heterocycles. The predicted octanol–water partition coefficient (Wildman–Crippen LogP) is 3.41. The van der Waals surface area contributed by atoms with Crippen molar-refractivity contribution in [2.75, 3.05) is 0 Å². The van der Waals surface area contributed by atoms with E-state index in [9.17, 15) is 19.1 Å². The molecule has 0 spiro atoms. The Morgan fingerprint density at radius 2 is 1.92 bits per heavy atom. The standard InChI is InChI=1S/C18H21FN2O3S/c1-10(2)8-14(18(23)24)21-17(22)16-11(3)20-15(25-16)9-12-4-6-13(19)7-5-12/h4-7,10,14H,8-9H2,1-3H3,(H,21,22)(H,23,24).